The molecule has 0 aliphatic carbocycles. The van der Waals surface area contributed by atoms with Gasteiger partial charge in [0.1, 0.15) is 5.75 Å². The summed E-state index contributed by atoms with van der Waals surface area (Å²) in [7, 11) is 0. The molecule has 0 radical (unpaired) electrons. The Kier molecular flexibility index (Phi) is 8.97. The van der Waals surface area contributed by atoms with Crippen LogP contribution in [-0.4, -0.2) is 46.0 Å². The third-order valence-electron chi connectivity index (χ3n) is 4.17. The Bertz CT molecular complexity index is 800. The van der Waals surface area contributed by atoms with Crippen LogP contribution in [0.15, 0.2) is 24.3 Å². The summed E-state index contributed by atoms with van der Waals surface area (Å²) in [5.41, 5.74) is 13.1. The van der Waals surface area contributed by atoms with Crippen LogP contribution in [0.4, 0.5) is 11.8 Å². The predicted octanol–water partition coefficient (Wildman–Crippen LogP) is 1.82. The van der Waals surface area contributed by atoms with Gasteiger partial charge in [-0.05, 0) is 37.3 Å². The number of nitrogen functional groups attached to an aromatic ring is 2. The van der Waals surface area contributed by atoms with Crippen molar-refractivity contribution in [3.8, 4) is 11.5 Å². The number of aliphatic hydroxyl groups excluding tert-OH is 1. The van der Waals surface area contributed by atoms with Crippen LogP contribution in [0.1, 0.15) is 36.9 Å². The highest BCUT2D eigenvalue weighted by molar-refractivity contribution is 5.67. The van der Waals surface area contributed by atoms with E-state index in [4.69, 9.17) is 31.2 Å². The second-order valence-electron chi connectivity index (χ2n) is 6.48. The summed E-state index contributed by atoms with van der Waals surface area (Å²) in [5.74, 6) is 0.533. The van der Waals surface area contributed by atoms with E-state index < -0.39 is 5.97 Å². The standard InChI is InChI=1S/C20H28N4O5/c21-19-18(15(7-3-4-11-25)23-20(22)24-19)29-13-5-12-28-16-8-2-1-6-14(16)9-10-17(26)27/h1-2,6,8,25H,3-5,7,9-13H2,(H,26,27)(H4,21,22,23,24). The molecule has 9 nitrogen and oxygen atoms in total. The molecule has 6 N–H and O–H groups in total. The van der Waals surface area contributed by atoms with Gasteiger partial charge in [0, 0.05) is 19.4 Å². The Labute approximate surface area is 169 Å². The molecule has 0 aliphatic heterocycles. The number of nitrogens with zero attached hydrogens (tertiary/aromatic N) is 2. The van der Waals surface area contributed by atoms with Crippen molar-refractivity contribution in [1.82, 2.24) is 9.97 Å². The van der Waals surface area contributed by atoms with E-state index >= 15 is 0 Å². The van der Waals surface area contributed by atoms with Crippen molar-refractivity contribution in [3.63, 3.8) is 0 Å². The van der Waals surface area contributed by atoms with Crippen LogP contribution in [0.2, 0.25) is 0 Å². The van der Waals surface area contributed by atoms with E-state index in [-0.39, 0.29) is 24.8 Å². The van der Waals surface area contributed by atoms with E-state index in [1.165, 1.54) is 0 Å². The Hall–Kier alpha value is -3.07. The molecule has 0 amide bonds. The molecule has 1 heterocycles. The fraction of sp³-hybridized carbons (Fsp3) is 0.450. The molecule has 0 saturated carbocycles. The van der Waals surface area contributed by atoms with Gasteiger partial charge in [0.05, 0.1) is 18.9 Å². The van der Waals surface area contributed by atoms with Crippen molar-refractivity contribution in [1.29, 1.82) is 0 Å². The van der Waals surface area contributed by atoms with Gasteiger partial charge in [0.15, 0.2) is 11.6 Å². The average molecular weight is 404 g/mol. The molecule has 158 valence electrons. The van der Waals surface area contributed by atoms with Crippen LogP contribution in [0.5, 0.6) is 11.5 Å². The first-order chi connectivity index (χ1) is 14.0. The third-order valence-corrected chi connectivity index (χ3v) is 4.17. The number of nitrogens with two attached hydrogens (primary N) is 2. The molecule has 0 unspecified atom stereocenters. The molecular formula is C20H28N4O5. The van der Waals surface area contributed by atoms with Gasteiger partial charge in [0.2, 0.25) is 5.95 Å². The molecule has 9 heteroatoms. The van der Waals surface area contributed by atoms with Gasteiger partial charge in [-0.25, -0.2) is 4.98 Å². The predicted molar refractivity (Wildman–Crippen MR) is 109 cm³/mol. The van der Waals surface area contributed by atoms with Gasteiger partial charge < -0.3 is 31.2 Å². The number of ether oxygens (including phenoxy) is 2. The maximum absolute atomic E-state index is 10.8. The number of para-hydroxylation sites is 1. The fourth-order valence-electron chi connectivity index (χ4n) is 2.78. The number of anilines is 2. The van der Waals surface area contributed by atoms with E-state index in [1.54, 1.807) is 0 Å². The summed E-state index contributed by atoms with van der Waals surface area (Å²) in [6.45, 7) is 0.860. The maximum Gasteiger partial charge on any atom is 0.303 e. The lowest BCUT2D eigenvalue weighted by Crippen LogP contribution is -2.12. The van der Waals surface area contributed by atoms with Crippen molar-refractivity contribution >= 4 is 17.7 Å². The zero-order chi connectivity index (χ0) is 21.1. The minimum absolute atomic E-state index is 0.0545. The molecule has 1 aromatic carbocycles. The summed E-state index contributed by atoms with van der Waals surface area (Å²) < 4.78 is 11.6. The molecule has 29 heavy (non-hydrogen) atoms. The van der Waals surface area contributed by atoms with Crippen LogP contribution >= 0.6 is 0 Å². The second kappa shape index (κ2) is 11.7. The van der Waals surface area contributed by atoms with E-state index in [2.05, 4.69) is 9.97 Å². The number of rotatable bonds is 13. The topological polar surface area (TPSA) is 154 Å². The van der Waals surface area contributed by atoms with Crippen LogP contribution in [-0.2, 0) is 17.6 Å². The molecular weight excluding hydrogens is 376 g/mol. The molecule has 0 bridgehead atoms. The van der Waals surface area contributed by atoms with Crippen molar-refractivity contribution in [2.45, 2.75) is 38.5 Å². The molecule has 2 rings (SSSR count). The molecule has 0 saturated heterocycles. The van der Waals surface area contributed by atoms with E-state index in [1.807, 2.05) is 24.3 Å². The quantitative estimate of drug-likeness (QED) is 0.366. The van der Waals surface area contributed by atoms with E-state index in [0.717, 1.165) is 12.0 Å². The van der Waals surface area contributed by atoms with Crippen LogP contribution in [0, 0.1) is 0 Å². The normalized spacial score (nSPS) is 10.7. The molecule has 1 aromatic heterocycles. The van der Waals surface area contributed by atoms with Crippen molar-refractivity contribution in [2.24, 2.45) is 0 Å². The first kappa shape index (κ1) is 22.2. The largest absolute Gasteiger partial charge is 0.493 e. The van der Waals surface area contributed by atoms with Gasteiger partial charge in [-0.1, -0.05) is 18.2 Å². The van der Waals surface area contributed by atoms with Gasteiger partial charge in [-0.15, -0.1) is 0 Å². The molecule has 0 fully saturated rings. The molecule has 0 atom stereocenters. The minimum Gasteiger partial charge on any atom is -0.493 e. The first-order valence-electron chi connectivity index (χ1n) is 9.59. The Morgan fingerprint density at radius 2 is 1.76 bits per heavy atom. The Morgan fingerprint density at radius 1 is 1.00 bits per heavy atom. The summed E-state index contributed by atoms with van der Waals surface area (Å²) in [4.78, 5) is 18.9. The lowest BCUT2D eigenvalue weighted by molar-refractivity contribution is -0.136. The highest BCUT2D eigenvalue weighted by atomic mass is 16.5. The summed E-state index contributed by atoms with van der Waals surface area (Å²) in [5, 5.41) is 17.8. The van der Waals surface area contributed by atoms with E-state index in [0.29, 0.717) is 56.1 Å². The second-order valence-corrected chi connectivity index (χ2v) is 6.48. The highest BCUT2D eigenvalue weighted by Crippen LogP contribution is 2.26. The zero-order valence-corrected chi connectivity index (χ0v) is 16.3. The average Bonchev–Trinajstić information content (AvgIpc) is 2.68. The Morgan fingerprint density at radius 3 is 2.52 bits per heavy atom. The van der Waals surface area contributed by atoms with E-state index in [9.17, 15) is 4.79 Å². The molecule has 0 spiro atoms. The van der Waals surface area contributed by atoms with Crippen LogP contribution < -0.4 is 20.9 Å². The number of aliphatic carboxylic acids is 1. The van der Waals surface area contributed by atoms with Crippen LogP contribution in [0.3, 0.4) is 0 Å². The third kappa shape index (κ3) is 7.46. The lowest BCUT2D eigenvalue weighted by Gasteiger charge is -2.14. The number of aryl methyl sites for hydroxylation is 2. The number of aliphatic hydroxyl groups is 1. The number of carboxylic acid groups (broad SMARTS) is 1. The SMILES string of the molecule is Nc1nc(N)c(OCCCOc2ccccc2CCC(=O)O)c(CCCCO)n1. The van der Waals surface area contributed by atoms with Crippen molar-refractivity contribution in [2.75, 3.05) is 31.3 Å². The fourth-order valence-corrected chi connectivity index (χ4v) is 2.78. The number of carbonyl (C=O) groups is 1. The number of hydrogen-bond acceptors (Lipinski definition) is 8. The Balaban J connectivity index is 1.86. The first-order valence-corrected chi connectivity index (χ1v) is 9.59. The number of aromatic nitrogens is 2. The van der Waals surface area contributed by atoms with Gasteiger partial charge in [-0.3, -0.25) is 4.79 Å². The lowest BCUT2D eigenvalue weighted by atomic mass is 10.1. The zero-order valence-electron chi connectivity index (χ0n) is 16.3. The molecule has 2 aromatic rings. The summed E-state index contributed by atoms with van der Waals surface area (Å²) in [6, 6.07) is 7.39. The van der Waals surface area contributed by atoms with Gasteiger partial charge in [-0.2, -0.15) is 4.98 Å². The summed E-state index contributed by atoms with van der Waals surface area (Å²) >= 11 is 0. The monoisotopic (exact) mass is 404 g/mol. The van der Waals surface area contributed by atoms with Gasteiger partial charge >= 0.3 is 5.97 Å². The summed E-state index contributed by atoms with van der Waals surface area (Å²) in [6.07, 6.45) is 3.03. The molecule has 0 aliphatic rings. The number of hydrogen-bond donors (Lipinski definition) is 4. The van der Waals surface area contributed by atoms with Crippen LogP contribution in [0.25, 0.3) is 0 Å². The number of carboxylic acids is 1. The maximum atomic E-state index is 10.8. The van der Waals surface area contributed by atoms with Crippen molar-refractivity contribution in [3.05, 3.63) is 35.5 Å². The highest BCUT2D eigenvalue weighted by Gasteiger charge is 2.13. The van der Waals surface area contributed by atoms with Crippen molar-refractivity contribution < 1.29 is 24.5 Å². The smallest absolute Gasteiger partial charge is 0.303 e. The number of unbranched alkanes of at least 4 members (excludes halogenated alkanes) is 1. The van der Waals surface area contributed by atoms with Gasteiger partial charge in [0.25, 0.3) is 0 Å². The minimum atomic E-state index is -0.841. The number of benzene rings is 1.